The SMILES string of the molecule is Cc1c(C(=O)NCC(C)(C)N)cnn1C.Cl. The van der Waals surface area contributed by atoms with Crippen LogP contribution >= 0.6 is 12.4 Å². The lowest BCUT2D eigenvalue weighted by atomic mass is 10.1. The zero-order valence-electron chi connectivity index (χ0n) is 10.1. The third kappa shape index (κ3) is 3.83. The predicted molar refractivity (Wildman–Crippen MR) is 65.8 cm³/mol. The van der Waals surface area contributed by atoms with Crippen molar-refractivity contribution in [3.63, 3.8) is 0 Å². The van der Waals surface area contributed by atoms with Crippen molar-refractivity contribution in [1.82, 2.24) is 15.1 Å². The summed E-state index contributed by atoms with van der Waals surface area (Å²) < 4.78 is 1.67. The Kier molecular flexibility index (Phi) is 4.96. The van der Waals surface area contributed by atoms with E-state index < -0.39 is 5.54 Å². The summed E-state index contributed by atoms with van der Waals surface area (Å²) in [5, 5.41) is 6.78. The predicted octanol–water partition coefficient (Wildman–Crippen LogP) is 0.617. The van der Waals surface area contributed by atoms with Crippen LogP contribution in [0.15, 0.2) is 6.20 Å². The molecule has 0 aliphatic rings. The van der Waals surface area contributed by atoms with E-state index in [9.17, 15) is 4.79 Å². The molecule has 0 spiro atoms. The molecule has 5 nitrogen and oxygen atoms in total. The lowest BCUT2D eigenvalue weighted by molar-refractivity contribution is 0.0945. The average Bonchev–Trinajstić information content (AvgIpc) is 2.43. The fourth-order valence-corrected chi connectivity index (χ4v) is 1.12. The van der Waals surface area contributed by atoms with Crippen molar-refractivity contribution >= 4 is 18.3 Å². The van der Waals surface area contributed by atoms with E-state index in [-0.39, 0.29) is 18.3 Å². The Balaban J connectivity index is 0.00000225. The molecule has 0 atom stereocenters. The molecule has 0 unspecified atom stereocenters. The Hall–Kier alpha value is -1.07. The van der Waals surface area contributed by atoms with Crippen molar-refractivity contribution in [3.8, 4) is 0 Å². The summed E-state index contributed by atoms with van der Waals surface area (Å²) in [6.07, 6.45) is 1.56. The molecule has 6 heteroatoms. The topological polar surface area (TPSA) is 72.9 Å². The highest BCUT2D eigenvalue weighted by Crippen LogP contribution is 2.05. The van der Waals surface area contributed by atoms with Gasteiger partial charge < -0.3 is 11.1 Å². The van der Waals surface area contributed by atoms with E-state index >= 15 is 0 Å². The van der Waals surface area contributed by atoms with Crippen LogP contribution in [0.5, 0.6) is 0 Å². The molecular weight excluding hydrogens is 228 g/mol. The minimum Gasteiger partial charge on any atom is -0.350 e. The summed E-state index contributed by atoms with van der Waals surface area (Å²) in [6, 6.07) is 0. The molecule has 16 heavy (non-hydrogen) atoms. The first-order chi connectivity index (χ1) is 6.81. The molecule has 0 aliphatic heterocycles. The van der Waals surface area contributed by atoms with E-state index in [1.54, 1.807) is 17.9 Å². The molecule has 0 aliphatic carbocycles. The van der Waals surface area contributed by atoms with Crippen molar-refractivity contribution in [3.05, 3.63) is 17.5 Å². The summed E-state index contributed by atoms with van der Waals surface area (Å²) in [5.41, 5.74) is 6.82. The third-order valence-electron chi connectivity index (χ3n) is 2.18. The Morgan fingerprint density at radius 2 is 2.19 bits per heavy atom. The molecule has 0 aromatic carbocycles. The maximum Gasteiger partial charge on any atom is 0.254 e. The minimum absolute atomic E-state index is 0. The van der Waals surface area contributed by atoms with Crippen LogP contribution < -0.4 is 11.1 Å². The number of hydrogen-bond acceptors (Lipinski definition) is 3. The fourth-order valence-electron chi connectivity index (χ4n) is 1.12. The zero-order chi connectivity index (χ0) is 11.6. The zero-order valence-corrected chi connectivity index (χ0v) is 10.9. The van der Waals surface area contributed by atoms with Crippen molar-refractivity contribution < 1.29 is 4.79 Å². The monoisotopic (exact) mass is 246 g/mol. The molecule has 1 amide bonds. The molecule has 0 saturated carbocycles. The van der Waals surface area contributed by atoms with Gasteiger partial charge in [0.15, 0.2) is 0 Å². The molecule has 1 aromatic heterocycles. The normalized spacial score (nSPS) is 10.8. The van der Waals surface area contributed by atoms with E-state index in [0.29, 0.717) is 12.1 Å². The fraction of sp³-hybridized carbons (Fsp3) is 0.600. The van der Waals surface area contributed by atoms with Crippen LogP contribution in [0.1, 0.15) is 29.9 Å². The first-order valence-electron chi connectivity index (χ1n) is 4.87. The van der Waals surface area contributed by atoms with E-state index in [1.165, 1.54) is 0 Å². The number of nitrogens with zero attached hydrogens (tertiary/aromatic N) is 2. The number of aryl methyl sites for hydroxylation is 1. The minimum atomic E-state index is -0.397. The van der Waals surface area contributed by atoms with Gasteiger partial charge in [0.2, 0.25) is 0 Å². The second-order valence-corrected chi connectivity index (χ2v) is 4.44. The summed E-state index contributed by atoms with van der Waals surface area (Å²) in [7, 11) is 1.80. The van der Waals surface area contributed by atoms with Crippen LogP contribution in [-0.4, -0.2) is 27.8 Å². The third-order valence-corrected chi connectivity index (χ3v) is 2.18. The van der Waals surface area contributed by atoms with E-state index in [0.717, 1.165) is 5.69 Å². The highest BCUT2D eigenvalue weighted by molar-refractivity contribution is 5.95. The number of carbonyl (C=O) groups excluding carboxylic acids is 1. The summed E-state index contributed by atoms with van der Waals surface area (Å²) in [4.78, 5) is 11.7. The van der Waals surface area contributed by atoms with Gasteiger partial charge in [0.05, 0.1) is 11.8 Å². The molecule has 1 rings (SSSR count). The first kappa shape index (κ1) is 14.9. The van der Waals surface area contributed by atoms with Gasteiger partial charge in [-0.15, -0.1) is 12.4 Å². The first-order valence-corrected chi connectivity index (χ1v) is 4.87. The van der Waals surface area contributed by atoms with Gasteiger partial charge in [-0.3, -0.25) is 9.48 Å². The molecule has 1 heterocycles. The Bertz CT molecular complexity index is 367. The van der Waals surface area contributed by atoms with Gasteiger partial charge in [-0.2, -0.15) is 5.10 Å². The van der Waals surface area contributed by atoms with Crippen molar-refractivity contribution in [2.75, 3.05) is 6.54 Å². The maximum atomic E-state index is 11.7. The number of hydrogen-bond donors (Lipinski definition) is 2. The van der Waals surface area contributed by atoms with Crippen LogP contribution in [0, 0.1) is 6.92 Å². The van der Waals surface area contributed by atoms with Crippen molar-refractivity contribution in [1.29, 1.82) is 0 Å². The average molecular weight is 247 g/mol. The highest BCUT2D eigenvalue weighted by Gasteiger charge is 2.16. The van der Waals surface area contributed by atoms with E-state index in [2.05, 4.69) is 10.4 Å². The molecule has 92 valence electrons. The second kappa shape index (κ2) is 5.32. The number of nitrogens with one attached hydrogen (secondary N) is 1. The van der Waals surface area contributed by atoms with Crippen LogP contribution in [0.4, 0.5) is 0 Å². The smallest absolute Gasteiger partial charge is 0.254 e. The molecule has 1 aromatic rings. The number of halogens is 1. The lowest BCUT2D eigenvalue weighted by Gasteiger charge is -2.18. The molecule has 0 fully saturated rings. The molecular formula is C10H19ClN4O. The number of rotatable bonds is 3. The van der Waals surface area contributed by atoms with Crippen LogP contribution in [-0.2, 0) is 7.05 Å². The van der Waals surface area contributed by atoms with Gasteiger partial charge in [0, 0.05) is 24.8 Å². The van der Waals surface area contributed by atoms with E-state index in [4.69, 9.17) is 5.73 Å². The second-order valence-electron chi connectivity index (χ2n) is 4.44. The highest BCUT2D eigenvalue weighted by atomic mass is 35.5. The standard InChI is InChI=1S/C10H18N4O.ClH/c1-7-8(5-13-14(7)4)9(15)12-6-10(2,3)11;/h5H,6,11H2,1-4H3,(H,12,15);1H. The van der Waals surface area contributed by atoms with Crippen LogP contribution in [0.3, 0.4) is 0 Å². The van der Waals surface area contributed by atoms with Gasteiger partial charge in [0.1, 0.15) is 0 Å². The summed E-state index contributed by atoms with van der Waals surface area (Å²) in [5.74, 6) is -0.126. The van der Waals surface area contributed by atoms with E-state index in [1.807, 2.05) is 20.8 Å². The Morgan fingerprint density at radius 1 is 1.62 bits per heavy atom. The number of nitrogens with two attached hydrogens (primary N) is 1. The van der Waals surface area contributed by atoms with Crippen molar-refractivity contribution in [2.45, 2.75) is 26.3 Å². The molecule has 0 saturated heterocycles. The van der Waals surface area contributed by atoms with Crippen molar-refractivity contribution in [2.24, 2.45) is 12.8 Å². The maximum absolute atomic E-state index is 11.7. The number of amides is 1. The summed E-state index contributed by atoms with van der Waals surface area (Å²) in [6.45, 7) is 6.03. The van der Waals surface area contributed by atoms with Gasteiger partial charge in [-0.05, 0) is 20.8 Å². The Morgan fingerprint density at radius 3 is 2.56 bits per heavy atom. The van der Waals surface area contributed by atoms with Crippen LogP contribution in [0.2, 0.25) is 0 Å². The quantitative estimate of drug-likeness (QED) is 0.821. The molecule has 0 bridgehead atoms. The van der Waals surface area contributed by atoms with Gasteiger partial charge in [-0.1, -0.05) is 0 Å². The lowest BCUT2D eigenvalue weighted by Crippen LogP contribution is -2.45. The summed E-state index contributed by atoms with van der Waals surface area (Å²) >= 11 is 0. The van der Waals surface area contributed by atoms with Gasteiger partial charge >= 0.3 is 0 Å². The van der Waals surface area contributed by atoms with Gasteiger partial charge in [-0.25, -0.2) is 0 Å². The number of aromatic nitrogens is 2. The van der Waals surface area contributed by atoms with Gasteiger partial charge in [0.25, 0.3) is 5.91 Å². The van der Waals surface area contributed by atoms with Crippen LogP contribution in [0.25, 0.3) is 0 Å². The largest absolute Gasteiger partial charge is 0.350 e. The molecule has 0 radical (unpaired) electrons. The Labute approximate surface area is 102 Å². The molecule has 3 N–H and O–H groups in total. The number of carbonyl (C=O) groups is 1.